The molecule has 0 spiro atoms. The van der Waals surface area contributed by atoms with Crippen LogP contribution in [-0.4, -0.2) is 30.5 Å². The summed E-state index contributed by atoms with van der Waals surface area (Å²) in [6.45, 7) is 2.26. The zero-order chi connectivity index (χ0) is 8.27. The lowest BCUT2D eigenvalue weighted by Gasteiger charge is -2.23. The fraction of sp³-hybridized carbons (Fsp3) is 1.00. The lowest BCUT2D eigenvalue weighted by molar-refractivity contribution is -0.543. The van der Waals surface area contributed by atoms with E-state index in [0.29, 0.717) is 0 Å². The normalized spacial score (nSPS) is 31.7. The largest absolute Gasteiger partial charge is 0.345 e. The van der Waals surface area contributed by atoms with Gasteiger partial charge in [0.1, 0.15) is 13.2 Å². The van der Waals surface area contributed by atoms with Crippen LogP contribution < -0.4 is 0 Å². The minimum absolute atomic E-state index is 0.172. The van der Waals surface area contributed by atoms with Gasteiger partial charge in [-0.3, -0.25) is 10.1 Å². The number of rotatable bonds is 2. The molecule has 0 aliphatic carbocycles. The van der Waals surface area contributed by atoms with Crippen molar-refractivity contribution in [3.8, 4) is 0 Å². The lowest BCUT2D eigenvalue weighted by atomic mass is 10.3. The molecule has 1 aliphatic rings. The maximum Gasteiger partial charge on any atom is 0.259 e. The average molecular weight is 161 g/mol. The van der Waals surface area contributed by atoms with Crippen LogP contribution in [0.5, 0.6) is 0 Å². The molecular formula is C6H11NO4. The smallest absolute Gasteiger partial charge is 0.259 e. The van der Waals surface area contributed by atoms with Gasteiger partial charge in [0, 0.05) is 4.92 Å². The third kappa shape index (κ3) is 2.13. The first kappa shape index (κ1) is 8.42. The van der Waals surface area contributed by atoms with Crippen molar-refractivity contribution in [1.29, 1.82) is 0 Å². The van der Waals surface area contributed by atoms with Gasteiger partial charge in [-0.15, -0.1) is 0 Å². The Balaban J connectivity index is 2.30. The molecule has 5 heteroatoms. The Labute approximate surface area is 64.4 Å². The zero-order valence-corrected chi connectivity index (χ0v) is 6.36. The number of ether oxygens (including phenoxy) is 2. The van der Waals surface area contributed by atoms with Gasteiger partial charge < -0.3 is 9.47 Å². The Hall–Kier alpha value is -0.680. The van der Waals surface area contributed by atoms with Gasteiger partial charge in [-0.05, 0) is 6.42 Å². The van der Waals surface area contributed by atoms with Crippen LogP contribution in [0, 0.1) is 10.1 Å². The molecule has 0 atom stereocenters. The molecule has 0 bridgehead atoms. The van der Waals surface area contributed by atoms with E-state index in [4.69, 9.17) is 9.47 Å². The topological polar surface area (TPSA) is 61.6 Å². The highest BCUT2D eigenvalue weighted by Crippen LogP contribution is 2.09. The van der Waals surface area contributed by atoms with Gasteiger partial charge in [0.25, 0.3) is 6.04 Å². The quantitative estimate of drug-likeness (QED) is 0.434. The van der Waals surface area contributed by atoms with Crippen molar-refractivity contribution in [3.63, 3.8) is 0 Å². The molecule has 0 amide bonds. The van der Waals surface area contributed by atoms with Crippen molar-refractivity contribution >= 4 is 0 Å². The summed E-state index contributed by atoms with van der Waals surface area (Å²) in [5.74, 6) is 0. The Kier molecular flexibility index (Phi) is 2.78. The first-order valence-electron chi connectivity index (χ1n) is 3.60. The van der Waals surface area contributed by atoms with E-state index in [1.54, 1.807) is 0 Å². The molecule has 0 unspecified atom stereocenters. The van der Waals surface area contributed by atoms with Gasteiger partial charge in [-0.1, -0.05) is 6.92 Å². The molecule has 0 aromatic carbocycles. The second-order valence-corrected chi connectivity index (χ2v) is 2.44. The molecule has 5 nitrogen and oxygen atoms in total. The van der Waals surface area contributed by atoms with Crippen LogP contribution in [0.15, 0.2) is 0 Å². The summed E-state index contributed by atoms with van der Waals surface area (Å²) in [5.41, 5.74) is 0. The summed E-state index contributed by atoms with van der Waals surface area (Å²) < 4.78 is 10.1. The monoisotopic (exact) mass is 161 g/mol. The summed E-state index contributed by atoms with van der Waals surface area (Å²) in [6.07, 6.45) is 0.496. The second-order valence-electron chi connectivity index (χ2n) is 2.44. The Morgan fingerprint density at radius 3 is 2.45 bits per heavy atom. The van der Waals surface area contributed by atoms with Crippen molar-refractivity contribution in [2.24, 2.45) is 0 Å². The van der Waals surface area contributed by atoms with Crippen molar-refractivity contribution in [1.82, 2.24) is 0 Å². The fourth-order valence-electron chi connectivity index (χ4n) is 0.890. The van der Waals surface area contributed by atoms with Crippen molar-refractivity contribution < 1.29 is 14.4 Å². The van der Waals surface area contributed by atoms with E-state index in [0.717, 1.165) is 6.42 Å². The highest BCUT2D eigenvalue weighted by Gasteiger charge is 2.28. The highest BCUT2D eigenvalue weighted by atomic mass is 16.7. The second kappa shape index (κ2) is 3.64. The molecule has 1 heterocycles. The lowest BCUT2D eigenvalue weighted by Crippen LogP contribution is -2.39. The van der Waals surface area contributed by atoms with Crippen LogP contribution in [0.4, 0.5) is 0 Å². The van der Waals surface area contributed by atoms with Gasteiger partial charge in [0.15, 0.2) is 6.29 Å². The van der Waals surface area contributed by atoms with E-state index >= 15 is 0 Å². The van der Waals surface area contributed by atoms with E-state index in [-0.39, 0.29) is 24.4 Å². The van der Waals surface area contributed by atoms with Gasteiger partial charge in [-0.25, -0.2) is 0 Å². The van der Waals surface area contributed by atoms with Crippen molar-refractivity contribution in [2.75, 3.05) is 13.2 Å². The highest BCUT2D eigenvalue weighted by molar-refractivity contribution is 4.59. The van der Waals surface area contributed by atoms with Crippen molar-refractivity contribution in [2.45, 2.75) is 25.7 Å². The predicted octanol–water partition coefficient (Wildman–Crippen LogP) is 0.415. The Morgan fingerprint density at radius 2 is 2.09 bits per heavy atom. The summed E-state index contributed by atoms with van der Waals surface area (Å²) in [6, 6.07) is -0.683. The molecule has 0 aromatic heterocycles. The van der Waals surface area contributed by atoms with E-state index in [1.165, 1.54) is 0 Å². The van der Waals surface area contributed by atoms with E-state index in [9.17, 15) is 10.1 Å². The number of hydrogen-bond donors (Lipinski definition) is 0. The maximum absolute atomic E-state index is 10.2. The van der Waals surface area contributed by atoms with E-state index < -0.39 is 6.04 Å². The first-order chi connectivity index (χ1) is 5.24. The predicted molar refractivity (Wildman–Crippen MR) is 36.8 cm³/mol. The van der Waals surface area contributed by atoms with E-state index in [2.05, 4.69) is 0 Å². The average Bonchev–Trinajstić information content (AvgIpc) is 2.05. The van der Waals surface area contributed by atoms with Crippen LogP contribution >= 0.6 is 0 Å². The number of hydrogen-bond acceptors (Lipinski definition) is 4. The Morgan fingerprint density at radius 1 is 1.55 bits per heavy atom. The number of nitrogens with zero attached hydrogens (tertiary/aromatic N) is 1. The molecule has 1 rings (SSSR count). The fourth-order valence-corrected chi connectivity index (χ4v) is 0.890. The first-order valence-corrected chi connectivity index (χ1v) is 3.60. The SMILES string of the molecule is CCC1OCC([N+](=O)[O-])CO1. The molecule has 1 fully saturated rings. The van der Waals surface area contributed by atoms with E-state index in [1.807, 2.05) is 6.92 Å². The van der Waals surface area contributed by atoms with Crippen LogP contribution in [0.3, 0.4) is 0 Å². The van der Waals surface area contributed by atoms with Crippen LogP contribution in [-0.2, 0) is 9.47 Å². The Bertz CT molecular complexity index is 142. The van der Waals surface area contributed by atoms with Gasteiger partial charge in [0.2, 0.25) is 0 Å². The maximum atomic E-state index is 10.2. The summed E-state index contributed by atoms with van der Waals surface area (Å²) >= 11 is 0. The molecule has 0 aromatic rings. The van der Waals surface area contributed by atoms with Gasteiger partial charge >= 0.3 is 0 Å². The summed E-state index contributed by atoms with van der Waals surface area (Å²) in [5, 5.41) is 10.2. The molecular weight excluding hydrogens is 150 g/mol. The number of nitro groups is 1. The van der Waals surface area contributed by atoms with Gasteiger partial charge in [0.05, 0.1) is 0 Å². The summed E-state index contributed by atoms with van der Waals surface area (Å²) in [4.78, 5) is 9.83. The van der Waals surface area contributed by atoms with Crippen molar-refractivity contribution in [3.05, 3.63) is 10.1 Å². The zero-order valence-electron chi connectivity index (χ0n) is 6.36. The molecule has 1 aliphatic heterocycles. The third-order valence-corrected chi connectivity index (χ3v) is 1.58. The molecule has 0 N–H and O–H groups in total. The third-order valence-electron chi connectivity index (χ3n) is 1.58. The van der Waals surface area contributed by atoms with Gasteiger partial charge in [-0.2, -0.15) is 0 Å². The van der Waals surface area contributed by atoms with Crippen LogP contribution in [0.25, 0.3) is 0 Å². The molecule has 0 radical (unpaired) electrons. The standard InChI is InChI=1S/C6H11NO4/c1-2-6-10-3-5(4-11-6)7(8)9/h5-6H,2-4H2,1H3. The summed E-state index contributed by atoms with van der Waals surface area (Å²) in [7, 11) is 0. The molecule has 11 heavy (non-hydrogen) atoms. The van der Waals surface area contributed by atoms with Crippen LogP contribution in [0.1, 0.15) is 13.3 Å². The molecule has 1 saturated heterocycles. The molecule has 0 saturated carbocycles. The molecule has 64 valence electrons. The van der Waals surface area contributed by atoms with Crippen LogP contribution in [0.2, 0.25) is 0 Å². The minimum atomic E-state index is -0.683. The minimum Gasteiger partial charge on any atom is -0.345 e.